The monoisotopic (exact) mass is 319 g/mol. The number of Topliss-reactive ketones (excluding diaryl/α,β-unsaturated/α-hetero) is 1. The first-order valence-corrected chi connectivity index (χ1v) is 7.84. The molecule has 1 atom stereocenters. The molecule has 1 saturated heterocycles. The number of esters is 1. The average molecular weight is 319 g/mol. The summed E-state index contributed by atoms with van der Waals surface area (Å²) in [7, 11) is 0. The first kappa shape index (κ1) is 17.2. The molecule has 0 bridgehead atoms. The van der Waals surface area contributed by atoms with E-state index in [4.69, 9.17) is 14.5 Å². The number of nitriles is 1. The second-order valence-electron chi connectivity index (χ2n) is 5.59. The quantitative estimate of drug-likeness (QED) is 0.700. The normalized spacial score (nSPS) is 18.5. The Labute approximate surface area is 135 Å². The maximum atomic E-state index is 12.1. The van der Waals surface area contributed by atoms with Crippen LogP contribution in [0.15, 0.2) is 4.52 Å². The number of aryl methyl sites for hydroxylation is 2. The standard InChI is InChI=1S/C16H21N3O4/c1-3-19-7-8-22-16(21)14(19)9-12(20)5-4-6-15-13(10-17)11(2)18-23-15/h14H,3-9H2,1-2H3. The van der Waals surface area contributed by atoms with Crippen molar-refractivity contribution in [2.75, 3.05) is 19.7 Å². The summed E-state index contributed by atoms with van der Waals surface area (Å²) in [6.07, 6.45) is 1.57. The van der Waals surface area contributed by atoms with Gasteiger partial charge >= 0.3 is 5.97 Å². The zero-order valence-corrected chi connectivity index (χ0v) is 13.5. The highest BCUT2D eigenvalue weighted by Crippen LogP contribution is 2.17. The summed E-state index contributed by atoms with van der Waals surface area (Å²) in [6, 6.07) is 1.59. The zero-order valence-electron chi connectivity index (χ0n) is 13.5. The van der Waals surface area contributed by atoms with E-state index in [0.717, 1.165) is 6.54 Å². The summed E-state index contributed by atoms with van der Waals surface area (Å²) < 4.78 is 10.1. The molecule has 1 aliphatic heterocycles. The first-order chi connectivity index (χ1) is 11.1. The predicted molar refractivity (Wildman–Crippen MR) is 80.5 cm³/mol. The Balaban J connectivity index is 1.83. The molecule has 0 N–H and O–H groups in total. The topological polar surface area (TPSA) is 96.4 Å². The fourth-order valence-corrected chi connectivity index (χ4v) is 2.75. The van der Waals surface area contributed by atoms with Crippen LogP contribution in [0, 0.1) is 18.3 Å². The van der Waals surface area contributed by atoms with Crippen LogP contribution in [-0.2, 0) is 20.7 Å². The van der Waals surface area contributed by atoms with Gasteiger partial charge in [0.25, 0.3) is 0 Å². The lowest BCUT2D eigenvalue weighted by molar-refractivity contribution is -0.158. The Hall–Kier alpha value is -2.20. The summed E-state index contributed by atoms with van der Waals surface area (Å²) >= 11 is 0. The average Bonchev–Trinajstić information content (AvgIpc) is 2.89. The number of carbonyl (C=O) groups is 2. The summed E-state index contributed by atoms with van der Waals surface area (Å²) in [5.41, 5.74) is 1.02. The van der Waals surface area contributed by atoms with Crippen molar-refractivity contribution in [3.8, 4) is 6.07 Å². The Morgan fingerprint density at radius 3 is 3.00 bits per heavy atom. The second kappa shape index (κ2) is 7.88. The number of hydrogen-bond acceptors (Lipinski definition) is 7. The van der Waals surface area contributed by atoms with Crippen LogP contribution in [0.25, 0.3) is 0 Å². The number of carbonyl (C=O) groups excluding carboxylic acids is 2. The summed E-state index contributed by atoms with van der Waals surface area (Å²) in [5.74, 6) is 0.219. The minimum atomic E-state index is -0.469. The van der Waals surface area contributed by atoms with Gasteiger partial charge in [0.05, 0.1) is 5.69 Å². The van der Waals surface area contributed by atoms with Gasteiger partial charge in [-0.3, -0.25) is 14.5 Å². The van der Waals surface area contributed by atoms with Crippen molar-refractivity contribution in [2.45, 2.75) is 45.6 Å². The lowest BCUT2D eigenvalue weighted by atomic mass is 10.0. The number of hydrogen-bond donors (Lipinski definition) is 0. The van der Waals surface area contributed by atoms with Gasteiger partial charge in [-0.1, -0.05) is 12.1 Å². The molecule has 1 aliphatic rings. The van der Waals surface area contributed by atoms with Crippen molar-refractivity contribution in [2.24, 2.45) is 0 Å². The molecule has 0 aliphatic carbocycles. The largest absolute Gasteiger partial charge is 0.463 e. The van der Waals surface area contributed by atoms with Crippen molar-refractivity contribution in [3.63, 3.8) is 0 Å². The molecule has 0 amide bonds. The molecule has 1 aromatic heterocycles. The maximum Gasteiger partial charge on any atom is 0.323 e. The molecule has 0 aromatic carbocycles. The molecule has 0 saturated carbocycles. The maximum absolute atomic E-state index is 12.1. The van der Waals surface area contributed by atoms with Gasteiger partial charge in [0.2, 0.25) is 0 Å². The van der Waals surface area contributed by atoms with Crippen LogP contribution >= 0.6 is 0 Å². The van der Waals surface area contributed by atoms with Crippen molar-refractivity contribution >= 4 is 11.8 Å². The van der Waals surface area contributed by atoms with Crippen molar-refractivity contribution in [1.29, 1.82) is 5.26 Å². The molecule has 1 fully saturated rings. The number of cyclic esters (lactones) is 1. The van der Waals surface area contributed by atoms with E-state index >= 15 is 0 Å². The molecule has 1 unspecified atom stereocenters. The second-order valence-corrected chi connectivity index (χ2v) is 5.59. The van der Waals surface area contributed by atoms with Crippen LogP contribution in [0.1, 0.15) is 43.2 Å². The van der Waals surface area contributed by atoms with Gasteiger partial charge in [0.15, 0.2) is 5.76 Å². The third-order valence-electron chi connectivity index (χ3n) is 4.07. The third kappa shape index (κ3) is 4.17. The Morgan fingerprint density at radius 2 is 2.30 bits per heavy atom. The number of likely N-dealkylation sites (N-methyl/N-ethyl adjacent to an activating group) is 1. The lowest BCUT2D eigenvalue weighted by Crippen LogP contribution is -2.49. The van der Waals surface area contributed by atoms with Gasteiger partial charge in [0.1, 0.15) is 30.1 Å². The molecule has 0 spiro atoms. The van der Waals surface area contributed by atoms with Crippen LogP contribution < -0.4 is 0 Å². The fraction of sp³-hybridized carbons (Fsp3) is 0.625. The molecule has 124 valence electrons. The third-order valence-corrected chi connectivity index (χ3v) is 4.07. The Morgan fingerprint density at radius 1 is 1.52 bits per heavy atom. The lowest BCUT2D eigenvalue weighted by Gasteiger charge is -2.32. The number of aromatic nitrogens is 1. The van der Waals surface area contributed by atoms with Crippen LogP contribution in [0.2, 0.25) is 0 Å². The van der Waals surface area contributed by atoms with Crippen LogP contribution in [0.5, 0.6) is 0 Å². The molecular weight excluding hydrogens is 298 g/mol. The van der Waals surface area contributed by atoms with E-state index in [2.05, 4.69) is 11.2 Å². The number of rotatable bonds is 7. The van der Waals surface area contributed by atoms with Crippen molar-refractivity contribution < 1.29 is 18.8 Å². The fourth-order valence-electron chi connectivity index (χ4n) is 2.75. The SMILES string of the molecule is CCN1CCOC(=O)C1CC(=O)CCCc1onc(C)c1C#N. The minimum Gasteiger partial charge on any atom is -0.463 e. The zero-order chi connectivity index (χ0) is 16.8. The number of nitrogens with zero attached hydrogens (tertiary/aromatic N) is 3. The highest BCUT2D eigenvalue weighted by molar-refractivity contribution is 5.86. The highest BCUT2D eigenvalue weighted by Gasteiger charge is 2.32. The molecule has 1 aromatic rings. The number of morpholine rings is 1. The molecule has 2 rings (SSSR count). The van der Waals surface area contributed by atoms with E-state index in [9.17, 15) is 9.59 Å². The molecule has 7 nitrogen and oxygen atoms in total. The van der Waals surface area contributed by atoms with Crippen molar-refractivity contribution in [1.82, 2.24) is 10.1 Å². The summed E-state index contributed by atoms with van der Waals surface area (Å²) in [6.45, 7) is 5.45. The van der Waals surface area contributed by atoms with Gasteiger partial charge < -0.3 is 9.26 Å². The van der Waals surface area contributed by atoms with E-state index in [1.54, 1.807) is 6.92 Å². The van der Waals surface area contributed by atoms with Gasteiger partial charge in [-0.05, 0) is 19.9 Å². The first-order valence-electron chi connectivity index (χ1n) is 7.84. The molecule has 0 radical (unpaired) electrons. The highest BCUT2D eigenvalue weighted by atomic mass is 16.5. The van der Waals surface area contributed by atoms with Crippen LogP contribution in [-0.4, -0.2) is 47.5 Å². The summed E-state index contributed by atoms with van der Waals surface area (Å²) in [5, 5.41) is 12.8. The Bertz CT molecular complexity index is 617. The van der Waals surface area contributed by atoms with E-state index < -0.39 is 6.04 Å². The van der Waals surface area contributed by atoms with E-state index in [0.29, 0.717) is 49.4 Å². The predicted octanol–water partition coefficient (Wildman–Crippen LogP) is 1.38. The van der Waals surface area contributed by atoms with E-state index in [-0.39, 0.29) is 18.2 Å². The van der Waals surface area contributed by atoms with Crippen molar-refractivity contribution in [3.05, 3.63) is 17.0 Å². The smallest absolute Gasteiger partial charge is 0.323 e. The van der Waals surface area contributed by atoms with E-state index in [1.807, 2.05) is 11.8 Å². The van der Waals surface area contributed by atoms with E-state index in [1.165, 1.54) is 0 Å². The van der Waals surface area contributed by atoms with Gasteiger partial charge in [-0.25, -0.2) is 0 Å². The molecule has 7 heteroatoms. The van der Waals surface area contributed by atoms with Gasteiger partial charge in [0, 0.05) is 25.8 Å². The van der Waals surface area contributed by atoms with Crippen LogP contribution in [0.3, 0.4) is 0 Å². The number of ketones is 1. The molecule has 23 heavy (non-hydrogen) atoms. The minimum absolute atomic E-state index is 0.0158. The summed E-state index contributed by atoms with van der Waals surface area (Å²) in [4.78, 5) is 25.9. The number of ether oxygens (including phenoxy) is 1. The van der Waals surface area contributed by atoms with Crippen LogP contribution in [0.4, 0.5) is 0 Å². The molecule has 2 heterocycles. The van der Waals surface area contributed by atoms with Gasteiger partial charge in [-0.15, -0.1) is 0 Å². The molecular formula is C16H21N3O4. The van der Waals surface area contributed by atoms with Gasteiger partial charge in [-0.2, -0.15) is 5.26 Å². The Kier molecular flexibility index (Phi) is 5.88.